The van der Waals surface area contributed by atoms with Crippen LogP contribution in [0.3, 0.4) is 0 Å². The second-order valence-electron chi connectivity index (χ2n) is 2.87. The van der Waals surface area contributed by atoms with Crippen LogP contribution in [-0.2, 0) is 18.1 Å². The van der Waals surface area contributed by atoms with Crippen LogP contribution in [0.15, 0.2) is 0 Å². The second-order valence-corrected chi connectivity index (χ2v) is 5.84. The van der Waals surface area contributed by atoms with E-state index in [-0.39, 0.29) is 18.9 Å². The summed E-state index contributed by atoms with van der Waals surface area (Å²) < 4.78 is 15.8. The molecule has 0 bridgehead atoms. The molecule has 0 saturated carbocycles. The van der Waals surface area contributed by atoms with Crippen molar-refractivity contribution >= 4 is 14.6 Å². The third-order valence-electron chi connectivity index (χ3n) is 1.86. The van der Waals surface area contributed by atoms with E-state index in [9.17, 15) is 4.79 Å². The number of carbonyl (C=O) groups is 1. The minimum absolute atomic E-state index is 0.00989. The van der Waals surface area contributed by atoms with Crippen LogP contribution < -0.4 is 5.73 Å². The summed E-state index contributed by atoms with van der Waals surface area (Å²) in [5.41, 5.74) is 5.16. The SMILES string of the molecule is CCC[Si](OC)(OC)OCC(=O)CN. The molecular formula is C8H19NO4Si. The highest BCUT2D eigenvalue weighted by molar-refractivity contribution is 6.60. The lowest BCUT2D eigenvalue weighted by Gasteiger charge is -2.25. The Hall–Kier alpha value is -0.273. The first-order valence-corrected chi connectivity index (χ1v) is 6.53. The van der Waals surface area contributed by atoms with Crippen molar-refractivity contribution in [1.82, 2.24) is 0 Å². The zero-order valence-corrected chi connectivity index (χ0v) is 10.0. The van der Waals surface area contributed by atoms with Crippen LogP contribution in [0.5, 0.6) is 0 Å². The first kappa shape index (κ1) is 13.7. The Labute approximate surface area is 85.9 Å². The van der Waals surface area contributed by atoms with Gasteiger partial charge >= 0.3 is 8.80 Å². The topological polar surface area (TPSA) is 70.8 Å². The molecule has 0 aromatic rings. The number of hydrogen-bond donors (Lipinski definition) is 1. The van der Waals surface area contributed by atoms with Gasteiger partial charge in [-0.3, -0.25) is 4.79 Å². The van der Waals surface area contributed by atoms with Crippen molar-refractivity contribution in [3.63, 3.8) is 0 Å². The molecule has 0 aliphatic carbocycles. The van der Waals surface area contributed by atoms with Gasteiger partial charge in [-0.05, 0) is 0 Å². The van der Waals surface area contributed by atoms with E-state index in [2.05, 4.69) is 0 Å². The van der Waals surface area contributed by atoms with Crippen molar-refractivity contribution in [3.05, 3.63) is 0 Å². The minimum Gasteiger partial charge on any atom is -0.377 e. The van der Waals surface area contributed by atoms with Crippen molar-refractivity contribution in [1.29, 1.82) is 0 Å². The number of ketones is 1. The average molecular weight is 221 g/mol. The summed E-state index contributed by atoms with van der Waals surface area (Å²) in [6.45, 7) is 1.97. The smallest absolute Gasteiger partial charge is 0.377 e. The van der Waals surface area contributed by atoms with Gasteiger partial charge in [-0.15, -0.1) is 0 Å². The van der Waals surface area contributed by atoms with Crippen molar-refractivity contribution in [2.45, 2.75) is 19.4 Å². The molecule has 14 heavy (non-hydrogen) atoms. The molecule has 0 spiro atoms. The molecule has 0 rings (SSSR count). The molecule has 0 fully saturated rings. The van der Waals surface area contributed by atoms with Gasteiger partial charge in [0.2, 0.25) is 0 Å². The monoisotopic (exact) mass is 221 g/mol. The zero-order chi connectivity index (χ0) is 11.0. The minimum atomic E-state index is -2.60. The Morgan fingerprint density at radius 2 is 1.93 bits per heavy atom. The fourth-order valence-corrected chi connectivity index (χ4v) is 2.98. The summed E-state index contributed by atoms with van der Waals surface area (Å²) >= 11 is 0. The molecule has 0 heterocycles. The van der Waals surface area contributed by atoms with Gasteiger partial charge in [-0.25, -0.2) is 0 Å². The van der Waals surface area contributed by atoms with Gasteiger partial charge in [0.1, 0.15) is 0 Å². The summed E-state index contributed by atoms with van der Waals surface area (Å²) in [4.78, 5) is 11.0. The van der Waals surface area contributed by atoms with Crippen LogP contribution in [0.4, 0.5) is 0 Å². The molecule has 5 nitrogen and oxygen atoms in total. The molecule has 2 N–H and O–H groups in total. The molecule has 0 aromatic carbocycles. The quantitative estimate of drug-likeness (QED) is 0.592. The van der Waals surface area contributed by atoms with Crippen LogP contribution in [0, 0.1) is 0 Å². The summed E-state index contributed by atoms with van der Waals surface area (Å²) in [5, 5.41) is 0. The average Bonchev–Trinajstić information content (AvgIpc) is 2.24. The van der Waals surface area contributed by atoms with Gasteiger partial charge in [-0.2, -0.15) is 0 Å². The number of carbonyl (C=O) groups excluding carboxylic acids is 1. The van der Waals surface area contributed by atoms with Crippen LogP contribution >= 0.6 is 0 Å². The maximum absolute atomic E-state index is 11.0. The number of Topliss-reactive ketones (excluding diaryl/α,β-unsaturated/α-hetero) is 1. The first-order chi connectivity index (χ1) is 6.64. The molecule has 0 saturated heterocycles. The summed E-state index contributed by atoms with van der Waals surface area (Å²) in [7, 11) is 0.481. The van der Waals surface area contributed by atoms with E-state index in [1.807, 2.05) is 6.92 Å². The number of rotatable bonds is 8. The predicted molar refractivity (Wildman–Crippen MR) is 54.9 cm³/mol. The normalized spacial score (nSPS) is 11.7. The van der Waals surface area contributed by atoms with Gasteiger partial charge in [0.15, 0.2) is 5.78 Å². The Kier molecular flexibility index (Phi) is 6.94. The van der Waals surface area contributed by atoms with E-state index >= 15 is 0 Å². The van der Waals surface area contributed by atoms with E-state index < -0.39 is 8.80 Å². The maximum atomic E-state index is 11.0. The highest BCUT2D eigenvalue weighted by atomic mass is 28.4. The number of hydrogen-bond acceptors (Lipinski definition) is 5. The molecule has 84 valence electrons. The van der Waals surface area contributed by atoms with E-state index in [1.54, 1.807) is 0 Å². The van der Waals surface area contributed by atoms with Gasteiger partial charge in [0.25, 0.3) is 0 Å². The second kappa shape index (κ2) is 7.08. The predicted octanol–water partition coefficient (Wildman–Crippen LogP) is 0.173. The Morgan fingerprint density at radius 3 is 2.29 bits per heavy atom. The van der Waals surface area contributed by atoms with E-state index in [0.29, 0.717) is 6.04 Å². The molecular weight excluding hydrogens is 202 g/mol. The molecule has 0 amide bonds. The van der Waals surface area contributed by atoms with E-state index in [4.69, 9.17) is 19.0 Å². The fraction of sp³-hybridized carbons (Fsp3) is 0.875. The third-order valence-corrected chi connectivity index (χ3v) is 4.80. The Balaban J connectivity index is 4.13. The molecule has 0 aromatic heterocycles. The fourth-order valence-electron chi connectivity index (χ4n) is 1.03. The van der Waals surface area contributed by atoms with Crippen LogP contribution in [0.1, 0.15) is 13.3 Å². The lowest BCUT2D eigenvalue weighted by Crippen LogP contribution is -2.45. The lowest BCUT2D eigenvalue weighted by molar-refractivity contribution is -0.121. The van der Waals surface area contributed by atoms with Crippen molar-refractivity contribution in [2.24, 2.45) is 5.73 Å². The molecule has 0 unspecified atom stereocenters. The van der Waals surface area contributed by atoms with E-state index in [0.717, 1.165) is 6.42 Å². The number of nitrogens with two attached hydrogens (primary N) is 1. The van der Waals surface area contributed by atoms with E-state index in [1.165, 1.54) is 14.2 Å². The van der Waals surface area contributed by atoms with Crippen LogP contribution in [0.25, 0.3) is 0 Å². The third kappa shape index (κ3) is 4.29. The molecule has 0 atom stereocenters. The summed E-state index contributed by atoms with van der Waals surface area (Å²) in [6, 6.07) is 0.706. The van der Waals surface area contributed by atoms with Gasteiger partial charge in [0.05, 0.1) is 13.2 Å². The first-order valence-electron chi connectivity index (χ1n) is 4.60. The largest absolute Gasteiger partial charge is 0.500 e. The molecule has 0 radical (unpaired) electrons. The van der Waals surface area contributed by atoms with Crippen molar-refractivity contribution in [3.8, 4) is 0 Å². The van der Waals surface area contributed by atoms with Crippen molar-refractivity contribution < 1.29 is 18.1 Å². The van der Waals surface area contributed by atoms with Crippen LogP contribution in [0.2, 0.25) is 6.04 Å². The maximum Gasteiger partial charge on any atom is 0.500 e. The highest BCUT2D eigenvalue weighted by Crippen LogP contribution is 2.15. The lowest BCUT2D eigenvalue weighted by atomic mass is 10.4. The van der Waals surface area contributed by atoms with Gasteiger partial charge < -0.3 is 19.0 Å². The Bertz CT molecular complexity index is 173. The molecule has 6 heteroatoms. The summed E-state index contributed by atoms with van der Waals surface area (Å²) in [5.74, 6) is -0.146. The highest BCUT2D eigenvalue weighted by Gasteiger charge is 2.38. The van der Waals surface area contributed by atoms with Gasteiger partial charge in [-0.1, -0.05) is 13.3 Å². The van der Waals surface area contributed by atoms with Crippen LogP contribution in [-0.4, -0.2) is 42.0 Å². The van der Waals surface area contributed by atoms with Gasteiger partial charge in [0, 0.05) is 20.3 Å². The molecule has 0 aliphatic rings. The standard InChI is InChI=1S/C8H19NO4Si/c1-4-5-14(11-2,12-3)13-7-8(10)6-9/h4-7,9H2,1-3H3. The molecule has 0 aliphatic heterocycles. The van der Waals surface area contributed by atoms with Crippen molar-refractivity contribution in [2.75, 3.05) is 27.4 Å². The zero-order valence-electron chi connectivity index (χ0n) is 9.04. The Morgan fingerprint density at radius 1 is 1.36 bits per heavy atom. The summed E-state index contributed by atoms with van der Waals surface area (Å²) in [6.07, 6.45) is 0.894.